The Hall–Kier alpha value is -1.25. The number of nitrogens with zero attached hydrogens (tertiary/aromatic N) is 3. The Labute approximate surface area is 84.7 Å². The summed E-state index contributed by atoms with van der Waals surface area (Å²) in [5.74, 6) is 0. The molecular weight excluding hydrogens is 194 g/mol. The molecule has 0 saturated carbocycles. The van der Waals surface area contributed by atoms with Gasteiger partial charge in [0.15, 0.2) is 14.4 Å². The van der Waals surface area contributed by atoms with Crippen LogP contribution in [0.15, 0.2) is 18.6 Å². The molecule has 0 N–H and O–H groups in total. The Morgan fingerprint density at radius 1 is 1.43 bits per heavy atom. The highest BCUT2D eigenvalue weighted by atomic mass is 28.4. The second kappa shape index (κ2) is 4.31. The summed E-state index contributed by atoms with van der Waals surface area (Å²) in [4.78, 5) is 7.95. The topological polar surface area (TPSA) is 58.8 Å². The second-order valence-electron chi connectivity index (χ2n) is 3.87. The zero-order valence-corrected chi connectivity index (χ0v) is 9.56. The van der Waals surface area contributed by atoms with Crippen molar-refractivity contribution in [1.29, 1.82) is 5.26 Å². The van der Waals surface area contributed by atoms with Gasteiger partial charge in [0.2, 0.25) is 0 Å². The molecule has 4 nitrogen and oxygen atoms in total. The molecule has 1 rings (SSSR count). The van der Waals surface area contributed by atoms with Crippen LogP contribution in [-0.2, 0) is 4.43 Å². The molecule has 0 aliphatic heterocycles. The smallest absolute Gasteiger partial charge is 0.186 e. The van der Waals surface area contributed by atoms with Gasteiger partial charge in [-0.2, -0.15) is 5.26 Å². The Morgan fingerprint density at radius 2 is 2.14 bits per heavy atom. The highest BCUT2D eigenvalue weighted by Gasteiger charge is 2.22. The third kappa shape index (κ3) is 3.24. The summed E-state index contributed by atoms with van der Waals surface area (Å²) < 4.78 is 5.65. The quantitative estimate of drug-likeness (QED) is 0.710. The summed E-state index contributed by atoms with van der Waals surface area (Å²) in [5.41, 5.74) is 0.581. The maximum atomic E-state index is 8.92. The Kier molecular flexibility index (Phi) is 3.33. The summed E-state index contributed by atoms with van der Waals surface area (Å²) in [5, 5.41) is 8.92. The average Bonchev–Trinajstić information content (AvgIpc) is 2.14. The molecule has 0 spiro atoms. The lowest BCUT2D eigenvalue weighted by Gasteiger charge is -2.20. The molecule has 1 heterocycles. The van der Waals surface area contributed by atoms with Gasteiger partial charge in [-0.05, 0) is 19.6 Å². The van der Waals surface area contributed by atoms with Crippen LogP contribution in [0.4, 0.5) is 0 Å². The van der Waals surface area contributed by atoms with E-state index in [4.69, 9.17) is 9.69 Å². The predicted molar refractivity (Wildman–Crippen MR) is 54.8 cm³/mol. The van der Waals surface area contributed by atoms with Crippen molar-refractivity contribution in [3.8, 4) is 6.07 Å². The largest absolute Gasteiger partial charge is 0.398 e. The van der Waals surface area contributed by atoms with E-state index in [2.05, 4.69) is 16.0 Å². The van der Waals surface area contributed by atoms with Gasteiger partial charge >= 0.3 is 0 Å². The van der Waals surface area contributed by atoms with E-state index in [9.17, 15) is 0 Å². The first kappa shape index (κ1) is 10.8. The van der Waals surface area contributed by atoms with Gasteiger partial charge in [0.1, 0.15) is 5.69 Å². The zero-order valence-electron chi connectivity index (χ0n) is 8.56. The molecule has 0 amide bonds. The van der Waals surface area contributed by atoms with E-state index in [1.54, 1.807) is 18.6 Å². The highest BCUT2D eigenvalue weighted by molar-refractivity contribution is 6.69. The van der Waals surface area contributed by atoms with Crippen molar-refractivity contribution in [3.05, 3.63) is 24.3 Å². The number of aromatic nitrogens is 2. The third-order valence-electron chi connectivity index (χ3n) is 1.44. The predicted octanol–water partition coefficient (Wildman–Crippen LogP) is 1.89. The normalized spacial score (nSPS) is 13.3. The maximum Gasteiger partial charge on any atom is 0.186 e. The monoisotopic (exact) mass is 207 g/mol. The Morgan fingerprint density at radius 3 is 2.57 bits per heavy atom. The summed E-state index contributed by atoms with van der Waals surface area (Å²) in [6.07, 6.45) is 4.11. The van der Waals surface area contributed by atoms with Crippen LogP contribution in [0.25, 0.3) is 0 Å². The van der Waals surface area contributed by atoms with E-state index in [0.717, 1.165) is 0 Å². The van der Waals surface area contributed by atoms with Crippen molar-refractivity contribution in [2.45, 2.75) is 25.7 Å². The lowest BCUT2D eigenvalue weighted by Crippen LogP contribution is -2.27. The van der Waals surface area contributed by atoms with Crippen LogP contribution in [0.2, 0.25) is 19.6 Å². The van der Waals surface area contributed by atoms with Crippen LogP contribution in [0.3, 0.4) is 0 Å². The molecule has 1 atom stereocenters. The molecule has 5 heteroatoms. The van der Waals surface area contributed by atoms with Crippen molar-refractivity contribution >= 4 is 8.32 Å². The molecule has 0 radical (unpaired) electrons. The van der Waals surface area contributed by atoms with Gasteiger partial charge in [0, 0.05) is 12.4 Å². The lowest BCUT2D eigenvalue weighted by molar-refractivity contribution is 0.249. The maximum absolute atomic E-state index is 8.92. The van der Waals surface area contributed by atoms with Crippen LogP contribution in [0.1, 0.15) is 11.8 Å². The van der Waals surface area contributed by atoms with Crippen molar-refractivity contribution in [1.82, 2.24) is 9.97 Å². The molecule has 0 aliphatic carbocycles. The molecular formula is C9H13N3OSi. The van der Waals surface area contributed by atoms with Crippen LogP contribution in [0, 0.1) is 11.3 Å². The van der Waals surface area contributed by atoms with Crippen LogP contribution in [0.5, 0.6) is 0 Å². The zero-order chi connectivity index (χ0) is 10.6. The van der Waals surface area contributed by atoms with E-state index >= 15 is 0 Å². The minimum atomic E-state index is -1.71. The molecule has 0 aromatic carbocycles. The van der Waals surface area contributed by atoms with Crippen molar-refractivity contribution in [3.63, 3.8) is 0 Å². The lowest BCUT2D eigenvalue weighted by atomic mass is 10.3. The van der Waals surface area contributed by atoms with Crippen molar-refractivity contribution in [2.75, 3.05) is 0 Å². The standard InChI is InChI=1S/C9H13N3OSi/c1-14(2,3)13-9(6-10)8-7-11-4-5-12-8/h4-5,7,9H,1-3H3. The minimum Gasteiger partial charge on any atom is -0.398 e. The third-order valence-corrected chi connectivity index (χ3v) is 2.38. The SMILES string of the molecule is C[Si](C)(C)OC(C#N)c1cnccn1. The molecule has 0 fully saturated rings. The summed E-state index contributed by atoms with van der Waals surface area (Å²) in [7, 11) is -1.71. The van der Waals surface area contributed by atoms with Gasteiger partial charge in [0.25, 0.3) is 0 Å². The summed E-state index contributed by atoms with van der Waals surface area (Å²) in [6.45, 7) is 6.11. The molecule has 74 valence electrons. The van der Waals surface area contributed by atoms with Gasteiger partial charge < -0.3 is 4.43 Å². The van der Waals surface area contributed by atoms with Gasteiger partial charge in [-0.1, -0.05) is 0 Å². The first-order chi connectivity index (χ1) is 6.53. The van der Waals surface area contributed by atoms with Crippen molar-refractivity contribution < 1.29 is 4.43 Å². The van der Waals surface area contributed by atoms with E-state index in [-0.39, 0.29) is 0 Å². The van der Waals surface area contributed by atoms with Gasteiger partial charge in [0.05, 0.1) is 12.3 Å². The van der Waals surface area contributed by atoms with Crippen LogP contribution >= 0.6 is 0 Å². The number of nitriles is 1. The fraction of sp³-hybridized carbons (Fsp3) is 0.444. The molecule has 0 bridgehead atoms. The van der Waals surface area contributed by atoms with Crippen LogP contribution < -0.4 is 0 Å². The molecule has 14 heavy (non-hydrogen) atoms. The van der Waals surface area contributed by atoms with E-state index < -0.39 is 14.4 Å². The number of hydrogen-bond acceptors (Lipinski definition) is 4. The van der Waals surface area contributed by atoms with Gasteiger partial charge in [-0.3, -0.25) is 9.97 Å². The van der Waals surface area contributed by atoms with Gasteiger partial charge in [-0.25, -0.2) is 0 Å². The van der Waals surface area contributed by atoms with E-state index in [0.29, 0.717) is 5.69 Å². The fourth-order valence-corrected chi connectivity index (χ4v) is 1.83. The molecule has 0 saturated heterocycles. The molecule has 1 unspecified atom stereocenters. The van der Waals surface area contributed by atoms with Crippen LogP contribution in [-0.4, -0.2) is 18.3 Å². The molecule has 0 aliphatic rings. The highest BCUT2D eigenvalue weighted by Crippen LogP contribution is 2.18. The minimum absolute atomic E-state index is 0.581. The van der Waals surface area contributed by atoms with Gasteiger partial charge in [-0.15, -0.1) is 0 Å². The summed E-state index contributed by atoms with van der Waals surface area (Å²) in [6, 6.07) is 2.08. The molecule has 1 aromatic rings. The molecule has 1 aromatic heterocycles. The first-order valence-corrected chi connectivity index (χ1v) is 7.77. The van der Waals surface area contributed by atoms with E-state index in [1.807, 2.05) is 19.6 Å². The van der Waals surface area contributed by atoms with Crippen molar-refractivity contribution in [2.24, 2.45) is 0 Å². The Balaban J connectivity index is 2.80. The van der Waals surface area contributed by atoms with E-state index in [1.165, 1.54) is 0 Å². The number of rotatable bonds is 3. The fourth-order valence-electron chi connectivity index (χ4n) is 0.952. The summed E-state index contributed by atoms with van der Waals surface area (Å²) >= 11 is 0. The first-order valence-electron chi connectivity index (χ1n) is 4.36. The number of hydrogen-bond donors (Lipinski definition) is 0. The Bertz CT molecular complexity index is 328. The average molecular weight is 207 g/mol. The second-order valence-corrected chi connectivity index (χ2v) is 8.33.